The number of nitrogens with zero attached hydrogens (tertiary/aromatic N) is 2. The first-order valence-corrected chi connectivity index (χ1v) is 5.72. The van der Waals surface area contributed by atoms with E-state index in [0.717, 1.165) is 26.2 Å². The van der Waals surface area contributed by atoms with Gasteiger partial charge in [0.1, 0.15) is 5.38 Å². The van der Waals surface area contributed by atoms with Crippen LogP contribution in [0, 0.1) is 5.41 Å². The Kier molecular flexibility index (Phi) is 2.92. The fraction of sp³-hybridized carbons (Fsp3) is 0.900. The molecule has 2 heterocycles. The van der Waals surface area contributed by atoms with Crippen molar-refractivity contribution in [3.05, 3.63) is 0 Å². The highest BCUT2D eigenvalue weighted by Crippen LogP contribution is 2.38. The third kappa shape index (κ3) is 2.27. The molecule has 15 heavy (non-hydrogen) atoms. The molecule has 0 aromatic carbocycles. The highest BCUT2D eigenvalue weighted by Gasteiger charge is 2.46. The van der Waals surface area contributed by atoms with Crippen LogP contribution in [0.15, 0.2) is 0 Å². The first-order chi connectivity index (χ1) is 7.01. The fourth-order valence-corrected chi connectivity index (χ4v) is 3.04. The molecule has 2 fully saturated rings. The normalized spacial score (nSPS) is 27.9. The third-order valence-corrected chi connectivity index (χ3v) is 3.74. The predicted molar refractivity (Wildman–Crippen MR) is 58.3 cm³/mol. The lowest BCUT2D eigenvalue weighted by atomic mass is 9.79. The van der Waals surface area contributed by atoms with Gasteiger partial charge in [-0.2, -0.15) is 0 Å². The molecular formula is C10H17ClN2O2. The van der Waals surface area contributed by atoms with E-state index in [1.54, 1.807) is 0 Å². The van der Waals surface area contributed by atoms with Crippen molar-refractivity contribution in [2.24, 2.45) is 5.41 Å². The van der Waals surface area contributed by atoms with Crippen molar-refractivity contribution in [3.8, 4) is 0 Å². The van der Waals surface area contributed by atoms with Crippen molar-refractivity contribution >= 4 is 17.6 Å². The van der Waals surface area contributed by atoms with Gasteiger partial charge in [-0.1, -0.05) is 0 Å². The number of hydrogen-bond acceptors (Lipinski definition) is 3. The number of carboxylic acids is 1. The highest BCUT2D eigenvalue weighted by atomic mass is 35.5. The largest absolute Gasteiger partial charge is 0.480 e. The van der Waals surface area contributed by atoms with Crippen LogP contribution in [0.25, 0.3) is 0 Å². The summed E-state index contributed by atoms with van der Waals surface area (Å²) in [7, 11) is 2.12. The van der Waals surface area contributed by atoms with Crippen LogP contribution in [0.5, 0.6) is 0 Å². The van der Waals surface area contributed by atoms with E-state index in [0.29, 0.717) is 12.0 Å². The van der Waals surface area contributed by atoms with Gasteiger partial charge in [0, 0.05) is 31.6 Å². The average molecular weight is 233 g/mol. The Morgan fingerprint density at radius 3 is 2.73 bits per heavy atom. The molecule has 2 saturated heterocycles. The average Bonchev–Trinajstić information content (AvgIpc) is 2.48. The van der Waals surface area contributed by atoms with Crippen LogP contribution in [-0.4, -0.2) is 66.0 Å². The van der Waals surface area contributed by atoms with Gasteiger partial charge < -0.3 is 14.9 Å². The topological polar surface area (TPSA) is 43.8 Å². The molecule has 2 rings (SSSR count). The summed E-state index contributed by atoms with van der Waals surface area (Å²) in [6.45, 7) is 4.76. The molecule has 4 nitrogen and oxygen atoms in total. The summed E-state index contributed by atoms with van der Waals surface area (Å²) in [5, 5.41) is 7.95. The van der Waals surface area contributed by atoms with Crippen LogP contribution < -0.4 is 0 Å². The molecule has 1 unspecified atom stereocenters. The summed E-state index contributed by atoms with van der Waals surface area (Å²) >= 11 is 5.73. The zero-order valence-corrected chi connectivity index (χ0v) is 9.70. The molecule has 0 aromatic rings. The van der Waals surface area contributed by atoms with E-state index in [1.807, 2.05) is 0 Å². The monoisotopic (exact) mass is 232 g/mol. The lowest BCUT2D eigenvalue weighted by Crippen LogP contribution is -2.55. The minimum Gasteiger partial charge on any atom is -0.480 e. The van der Waals surface area contributed by atoms with Crippen LogP contribution in [0.1, 0.15) is 6.42 Å². The van der Waals surface area contributed by atoms with Gasteiger partial charge in [0.15, 0.2) is 0 Å². The summed E-state index contributed by atoms with van der Waals surface area (Å²) in [4.78, 5) is 15.1. The van der Waals surface area contributed by atoms with E-state index >= 15 is 0 Å². The minimum atomic E-state index is -0.914. The van der Waals surface area contributed by atoms with E-state index < -0.39 is 11.3 Å². The maximum Gasteiger partial charge on any atom is 0.322 e. The second kappa shape index (κ2) is 3.92. The lowest BCUT2D eigenvalue weighted by Gasteiger charge is -2.46. The number of rotatable bonds is 3. The zero-order chi connectivity index (χ0) is 11.1. The number of alkyl halides is 1. The second-order valence-corrected chi connectivity index (χ2v) is 5.49. The molecule has 0 aliphatic carbocycles. The molecule has 86 valence electrons. The number of carboxylic acid groups (broad SMARTS) is 1. The molecular weight excluding hydrogens is 216 g/mol. The molecule has 0 radical (unpaired) electrons. The summed E-state index contributed by atoms with van der Waals surface area (Å²) in [6, 6.07) is 0. The van der Waals surface area contributed by atoms with E-state index in [-0.39, 0.29) is 0 Å². The maximum atomic E-state index is 10.6. The Labute approximate surface area is 94.8 Å². The summed E-state index contributed by atoms with van der Waals surface area (Å²) < 4.78 is 0. The van der Waals surface area contributed by atoms with E-state index in [1.165, 1.54) is 6.42 Å². The maximum absolute atomic E-state index is 10.6. The van der Waals surface area contributed by atoms with Gasteiger partial charge in [0.25, 0.3) is 0 Å². The van der Waals surface area contributed by atoms with Gasteiger partial charge in [0.05, 0.1) is 0 Å². The smallest absolute Gasteiger partial charge is 0.322 e. The van der Waals surface area contributed by atoms with Gasteiger partial charge in [-0.25, -0.2) is 0 Å². The van der Waals surface area contributed by atoms with Crippen molar-refractivity contribution in [3.63, 3.8) is 0 Å². The minimum absolute atomic E-state index is 0.434. The molecule has 0 amide bonds. The summed E-state index contributed by atoms with van der Waals surface area (Å²) in [5.41, 5.74) is 0.434. The van der Waals surface area contributed by atoms with Crippen molar-refractivity contribution in [1.82, 2.24) is 9.80 Å². The second-order valence-electron chi connectivity index (χ2n) is 4.96. The van der Waals surface area contributed by atoms with Gasteiger partial charge in [-0.05, 0) is 20.0 Å². The van der Waals surface area contributed by atoms with Crippen molar-refractivity contribution in [2.75, 3.05) is 39.8 Å². The van der Waals surface area contributed by atoms with Crippen LogP contribution in [-0.2, 0) is 4.79 Å². The van der Waals surface area contributed by atoms with E-state index in [2.05, 4.69) is 16.8 Å². The molecule has 2 aliphatic heterocycles. The molecule has 1 atom stereocenters. The van der Waals surface area contributed by atoms with Crippen LogP contribution in [0.2, 0.25) is 0 Å². The number of carbonyl (C=O) groups is 1. The molecule has 0 bridgehead atoms. The standard InChI is InChI=1S/C10H17ClN2O2/c1-12-5-10(6-12)2-3-13(7-10)4-8(11)9(14)15/h8H,2-7H2,1H3,(H,14,15). The van der Waals surface area contributed by atoms with Gasteiger partial charge in [-0.15, -0.1) is 11.6 Å². The quantitative estimate of drug-likeness (QED) is 0.712. The number of halogens is 1. The number of hydrogen-bond donors (Lipinski definition) is 1. The van der Waals surface area contributed by atoms with Gasteiger partial charge in [0.2, 0.25) is 0 Å². The summed E-state index contributed by atoms with van der Waals surface area (Å²) in [6.07, 6.45) is 1.18. The molecule has 5 heteroatoms. The number of aliphatic carboxylic acids is 1. The van der Waals surface area contributed by atoms with E-state index in [9.17, 15) is 4.79 Å². The third-order valence-electron chi connectivity index (χ3n) is 3.41. The molecule has 0 aromatic heterocycles. The molecule has 2 aliphatic rings. The van der Waals surface area contributed by atoms with Crippen molar-refractivity contribution in [1.29, 1.82) is 0 Å². The zero-order valence-electron chi connectivity index (χ0n) is 8.95. The van der Waals surface area contributed by atoms with Crippen molar-refractivity contribution in [2.45, 2.75) is 11.8 Å². The Bertz CT molecular complexity index is 266. The van der Waals surface area contributed by atoms with Gasteiger partial charge in [-0.3, -0.25) is 4.79 Å². The first kappa shape index (κ1) is 11.2. The fourth-order valence-electron chi connectivity index (χ4n) is 2.85. The van der Waals surface area contributed by atoms with Crippen LogP contribution in [0.3, 0.4) is 0 Å². The van der Waals surface area contributed by atoms with Crippen molar-refractivity contribution < 1.29 is 9.90 Å². The molecule has 0 saturated carbocycles. The summed E-state index contributed by atoms with van der Waals surface area (Å²) in [5.74, 6) is -0.914. The number of likely N-dealkylation sites (tertiary alicyclic amines) is 2. The highest BCUT2D eigenvalue weighted by molar-refractivity contribution is 6.29. The first-order valence-electron chi connectivity index (χ1n) is 5.29. The predicted octanol–water partition coefficient (Wildman–Crippen LogP) is 0.316. The Morgan fingerprint density at radius 2 is 2.20 bits per heavy atom. The van der Waals surface area contributed by atoms with Gasteiger partial charge >= 0.3 is 5.97 Å². The lowest BCUT2D eigenvalue weighted by molar-refractivity contribution is -0.136. The molecule has 1 spiro atoms. The Morgan fingerprint density at radius 1 is 1.53 bits per heavy atom. The van der Waals surface area contributed by atoms with Crippen LogP contribution in [0.4, 0.5) is 0 Å². The SMILES string of the molecule is CN1CC2(CCN(CC(Cl)C(=O)O)C2)C1. The Hall–Kier alpha value is -0.320. The van der Waals surface area contributed by atoms with E-state index in [4.69, 9.17) is 16.7 Å². The Balaban J connectivity index is 1.81. The van der Waals surface area contributed by atoms with Crippen LogP contribution >= 0.6 is 11.6 Å². The molecule has 1 N–H and O–H groups in total.